The molecular weight excluding hydrogens is 414 g/mol. The van der Waals surface area contributed by atoms with E-state index in [1.54, 1.807) is 54.6 Å². The van der Waals surface area contributed by atoms with Crippen LogP contribution in [0.1, 0.15) is 11.3 Å². The minimum atomic E-state index is -3.90. The molecule has 0 aliphatic rings. The van der Waals surface area contributed by atoms with Gasteiger partial charge in [0, 0.05) is 11.6 Å². The third-order valence-corrected chi connectivity index (χ3v) is 5.96. The van der Waals surface area contributed by atoms with E-state index in [0.717, 1.165) is 4.31 Å². The van der Waals surface area contributed by atoms with Crippen molar-refractivity contribution in [3.8, 4) is 0 Å². The topological polar surface area (TPSA) is 92.0 Å². The summed E-state index contributed by atoms with van der Waals surface area (Å²) in [7, 11) is -3.90. The van der Waals surface area contributed by atoms with Gasteiger partial charge in [0.2, 0.25) is 10.0 Å². The fourth-order valence-electron chi connectivity index (χ4n) is 2.49. The third kappa shape index (κ3) is 5.77. The number of hydrogen-bond acceptors (Lipinski definition) is 5. The zero-order valence-corrected chi connectivity index (χ0v) is 16.8. The van der Waals surface area contributed by atoms with Crippen molar-refractivity contribution in [2.24, 2.45) is 5.10 Å². The minimum absolute atomic E-state index is 0.00369. The summed E-state index contributed by atoms with van der Waals surface area (Å²) < 4.78 is 32.3. The number of sulfonamides is 1. The summed E-state index contributed by atoms with van der Waals surface area (Å²) in [5.41, 5.74) is 3.01. The first kappa shape index (κ1) is 20.8. The van der Waals surface area contributed by atoms with Crippen molar-refractivity contribution >= 4 is 33.7 Å². The van der Waals surface area contributed by atoms with Crippen LogP contribution in [0.4, 0.5) is 0 Å². The first-order valence-corrected chi connectivity index (χ1v) is 10.4. The van der Waals surface area contributed by atoms with E-state index in [2.05, 4.69) is 10.5 Å². The van der Waals surface area contributed by atoms with Crippen LogP contribution in [0.15, 0.2) is 87.4 Å². The molecule has 0 saturated carbocycles. The highest BCUT2D eigenvalue weighted by atomic mass is 35.5. The van der Waals surface area contributed by atoms with E-state index < -0.39 is 22.5 Å². The molecule has 29 heavy (non-hydrogen) atoms. The summed E-state index contributed by atoms with van der Waals surface area (Å²) in [4.78, 5) is 12.4. The van der Waals surface area contributed by atoms with Gasteiger partial charge in [0.15, 0.2) is 0 Å². The predicted octanol–water partition coefficient (Wildman–Crippen LogP) is 3.27. The highest BCUT2D eigenvalue weighted by molar-refractivity contribution is 7.89. The van der Waals surface area contributed by atoms with Crippen LogP contribution in [-0.4, -0.2) is 31.4 Å². The molecule has 0 bridgehead atoms. The minimum Gasteiger partial charge on any atom is -0.463 e. The molecule has 3 rings (SSSR count). The van der Waals surface area contributed by atoms with E-state index in [4.69, 9.17) is 16.0 Å². The molecule has 0 spiro atoms. The number of hydrogen-bond donors (Lipinski definition) is 1. The summed E-state index contributed by atoms with van der Waals surface area (Å²) >= 11 is 5.90. The Kier molecular flexibility index (Phi) is 6.82. The van der Waals surface area contributed by atoms with Gasteiger partial charge in [0.05, 0.1) is 23.9 Å². The maximum atomic E-state index is 13.1. The molecule has 9 heteroatoms. The van der Waals surface area contributed by atoms with Gasteiger partial charge in [-0.05, 0) is 42.0 Å². The molecule has 7 nitrogen and oxygen atoms in total. The standard InChI is InChI=1S/C20H18ClN3O4S/c21-17-10-8-16(9-11-17)14-24(29(26,27)19-6-2-1-3-7-19)15-20(25)23-22-13-18-5-4-12-28-18/h1-13H,14-15H2,(H,23,25)/b22-13+. The van der Waals surface area contributed by atoms with Gasteiger partial charge >= 0.3 is 0 Å². The molecule has 0 radical (unpaired) electrons. The lowest BCUT2D eigenvalue weighted by Crippen LogP contribution is -2.39. The maximum Gasteiger partial charge on any atom is 0.255 e. The van der Waals surface area contributed by atoms with Crippen LogP contribution < -0.4 is 5.43 Å². The lowest BCUT2D eigenvalue weighted by molar-refractivity contribution is -0.121. The van der Waals surface area contributed by atoms with E-state index in [1.807, 2.05) is 0 Å². The summed E-state index contributed by atoms with van der Waals surface area (Å²) in [6.07, 6.45) is 2.80. The molecular formula is C20H18ClN3O4S. The molecule has 0 unspecified atom stereocenters. The normalized spacial score (nSPS) is 11.8. The van der Waals surface area contributed by atoms with Crippen molar-refractivity contribution in [2.75, 3.05) is 6.54 Å². The Labute approximate surface area is 173 Å². The molecule has 150 valence electrons. The summed E-state index contributed by atoms with van der Waals surface area (Å²) in [6, 6.07) is 18.0. The van der Waals surface area contributed by atoms with Crippen molar-refractivity contribution < 1.29 is 17.6 Å². The Balaban J connectivity index is 1.78. The second-order valence-electron chi connectivity index (χ2n) is 6.02. The fraction of sp³-hybridized carbons (Fsp3) is 0.100. The van der Waals surface area contributed by atoms with Gasteiger partial charge < -0.3 is 4.42 Å². The van der Waals surface area contributed by atoms with Crippen LogP contribution in [0.25, 0.3) is 0 Å². The van der Waals surface area contributed by atoms with E-state index in [9.17, 15) is 13.2 Å². The monoisotopic (exact) mass is 431 g/mol. The zero-order valence-electron chi connectivity index (χ0n) is 15.2. The highest BCUT2D eigenvalue weighted by Gasteiger charge is 2.26. The average Bonchev–Trinajstić information content (AvgIpc) is 3.23. The summed E-state index contributed by atoms with van der Waals surface area (Å²) in [5.74, 6) is -0.124. The number of carbonyl (C=O) groups is 1. The third-order valence-electron chi connectivity index (χ3n) is 3.90. The molecule has 0 aliphatic carbocycles. The number of furan rings is 1. The molecule has 1 amide bonds. The molecule has 0 atom stereocenters. The second-order valence-corrected chi connectivity index (χ2v) is 8.40. The van der Waals surface area contributed by atoms with Crippen LogP contribution in [0.3, 0.4) is 0 Å². The second kappa shape index (κ2) is 9.51. The number of halogens is 1. The summed E-state index contributed by atoms with van der Waals surface area (Å²) in [6.45, 7) is -0.404. The van der Waals surface area contributed by atoms with Gasteiger partial charge in [-0.3, -0.25) is 4.79 Å². The fourth-order valence-corrected chi connectivity index (χ4v) is 4.02. The molecule has 1 N–H and O–H groups in total. The van der Waals surface area contributed by atoms with Crippen molar-refractivity contribution in [1.29, 1.82) is 0 Å². The number of nitrogens with zero attached hydrogens (tertiary/aromatic N) is 2. The van der Waals surface area contributed by atoms with Crippen molar-refractivity contribution in [3.63, 3.8) is 0 Å². The predicted molar refractivity (Wildman–Crippen MR) is 110 cm³/mol. The Bertz CT molecular complexity index is 1070. The summed E-state index contributed by atoms with van der Waals surface area (Å²) in [5, 5.41) is 4.32. The van der Waals surface area contributed by atoms with Gasteiger partial charge in [-0.1, -0.05) is 41.9 Å². The molecule has 1 heterocycles. The van der Waals surface area contributed by atoms with Crippen LogP contribution in [0, 0.1) is 0 Å². The van der Waals surface area contributed by atoms with Crippen LogP contribution in [0.2, 0.25) is 5.02 Å². The van der Waals surface area contributed by atoms with Crippen LogP contribution >= 0.6 is 11.6 Å². The van der Waals surface area contributed by atoms with Gasteiger partial charge in [0.1, 0.15) is 5.76 Å². The number of benzene rings is 2. The average molecular weight is 432 g/mol. The highest BCUT2D eigenvalue weighted by Crippen LogP contribution is 2.19. The maximum absolute atomic E-state index is 13.1. The van der Waals surface area contributed by atoms with E-state index in [-0.39, 0.29) is 11.4 Å². The first-order valence-electron chi connectivity index (χ1n) is 8.60. The van der Waals surface area contributed by atoms with Crippen molar-refractivity contribution in [1.82, 2.24) is 9.73 Å². The van der Waals surface area contributed by atoms with Crippen LogP contribution in [-0.2, 0) is 21.4 Å². The van der Waals surface area contributed by atoms with Gasteiger partial charge in [-0.15, -0.1) is 0 Å². The smallest absolute Gasteiger partial charge is 0.255 e. The number of carbonyl (C=O) groups excluding carboxylic acids is 1. The Morgan fingerprint density at radius 3 is 2.45 bits per heavy atom. The van der Waals surface area contributed by atoms with Crippen molar-refractivity contribution in [3.05, 3.63) is 89.3 Å². The lowest BCUT2D eigenvalue weighted by Gasteiger charge is -2.21. The zero-order chi connectivity index (χ0) is 20.7. The SMILES string of the molecule is O=C(CN(Cc1ccc(Cl)cc1)S(=O)(=O)c1ccccc1)N/N=C/c1ccco1. The molecule has 2 aromatic carbocycles. The molecule has 0 saturated heterocycles. The number of hydrazone groups is 1. The number of amides is 1. The van der Waals surface area contributed by atoms with E-state index in [1.165, 1.54) is 24.6 Å². The Hall–Kier alpha value is -2.94. The molecule has 0 fully saturated rings. The van der Waals surface area contributed by atoms with Crippen LogP contribution in [0.5, 0.6) is 0 Å². The van der Waals surface area contributed by atoms with E-state index >= 15 is 0 Å². The number of rotatable bonds is 8. The molecule has 1 aromatic heterocycles. The molecule has 0 aliphatic heterocycles. The van der Waals surface area contributed by atoms with Crippen molar-refractivity contribution in [2.45, 2.75) is 11.4 Å². The van der Waals surface area contributed by atoms with Gasteiger partial charge in [-0.2, -0.15) is 9.41 Å². The van der Waals surface area contributed by atoms with Gasteiger partial charge in [0.25, 0.3) is 5.91 Å². The quantitative estimate of drug-likeness (QED) is 0.437. The Morgan fingerprint density at radius 1 is 1.07 bits per heavy atom. The number of nitrogens with one attached hydrogen (secondary N) is 1. The molecule has 3 aromatic rings. The van der Waals surface area contributed by atoms with E-state index in [0.29, 0.717) is 16.3 Å². The first-order chi connectivity index (χ1) is 13.9. The largest absolute Gasteiger partial charge is 0.463 e. The Morgan fingerprint density at radius 2 is 1.79 bits per heavy atom. The van der Waals surface area contributed by atoms with Gasteiger partial charge in [-0.25, -0.2) is 13.8 Å². The lowest BCUT2D eigenvalue weighted by atomic mass is 10.2.